The van der Waals surface area contributed by atoms with Gasteiger partial charge < -0.3 is 9.84 Å². The zero-order valence-electron chi connectivity index (χ0n) is 9.56. The normalized spacial score (nSPS) is 10.9. The van der Waals surface area contributed by atoms with E-state index >= 15 is 0 Å². The first-order chi connectivity index (χ1) is 8.19. The van der Waals surface area contributed by atoms with Crippen LogP contribution >= 0.6 is 22.7 Å². The minimum Gasteiger partial charge on any atom is -0.449 e. The summed E-state index contributed by atoms with van der Waals surface area (Å²) < 4.78 is 5.78. The van der Waals surface area contributed by atoms with Crippen molar-refractivity contribution in [1.82, 2.24) is 0 Å². The second-order valence-electron chi connectivity index (χ2n) is 3.85. The summed E-state index contributed by atoms with van der Waals surface area (Å²) in [7, 11) is 0. The van der Waals surface area contributed by atoms with Crippen LogP contribution in [-0.2, 0) is 6.42 Å². The third kappa shape index (κ3) is 3.20. The Labute approximate surface area is 108 Å². The molecule has 5 heteroatoms. The van der Waals surface area contributed by atoms with E-state index in [4.69, 9.17) is 5.11 Å². The van der Waals surface area contributed by atoms with Crippen LogP contribution in [0, 0.1) is 0 Å². The Morgan fingerprint density at radius 3 is 2.82 bits per heavy atom. The Balaban J connectivity index is 2.06. The number of hydrogen-bond donors (Lipinski definition) is 1. The summed E-state index contributed by atoms with van der Waals surface area (Å²) in [6, 6.07) is 3.94. The fraction of sp³-hybridized carbons (Fsp3) is 0.417. The number of thiophene rings is 2. The lowest BCUT2D eigenvalue weighted by Gasteiger charge is -1.94. The Bertz CT molecular complexity index is 481. The fourth-order valence-electron chi connectivity index (χ4n) is 1.68. The van der Waals surface area contributed by atoms with Crippen LogP contribution in [0.4, 0.5) is 4.79 Å². The number of fused-ring (bicyclic) bond motifs is 1. The van der Waals surface area contributed by atoms with Gasteiger partial charge in [0.25, 0.3) is 0 Å². The van der Waals surface area contributed by atoms with Gasteiger partial charge in [-0.15, -0.1) is 11.3 Å². The maximum Gasteiger partial charge on any atom is 0.512 e. The van der Waals surface area contributed by atoms with Crippen LogP contribution in [0.2, 0.25) is 0 Å². The minimum atomic E-state index is -1.25. The first-order valence-corrected chi connectivity index (χ1v) is 7.25. The molecular formula is C12H14O3S2. The summed E-state index contributed by atoms with van der Waals surface area (Å²) in [5.74, 6) is 0. The Morgan fingerprint density at radius 1 is 1.35 bits per heavy atom. The van der Waals surface area contributed by atoms with Gasteiger partial charge in [-0.1, -0.05) is 31.1 Å². The van der Waals surface area contributed by atoms with Crippen LogP contribution in [0.5, 0.6) is 5.06 Å². The highest BCUT2D eigenvalue weighted by Crippen LogP contribution is 2.38. The topological polar surface area (TPSA) is 46.5 Å². The summed E-state index contributed by atoms with van der Waals surface area (Å²) in [6.45, 7) is 2.20. The molecule has 0 bridgehead atoms. The Hall–Kier alpha value is -1.07. The molecule has 0 aliphatic heterocycles. The number of hydrogen-bond acceptors (Lipinski definition) is 4. The van der Waals surface area contributed by atoms with Gasteiger partial charge >= 0.3 is 6.16 Å². The molecule has 0 fully saturated rings. The van der Waals surface area contributed by atoms with Crippen LogP contribution in [0.15, 0.2) is 12.1 Å². The van der Waals surface area contributed by atoms with Crippen molar-refractivity contribution in [3.63, 3.8) is 0 Å². The van der Waals surface area contributed by atoms with Crippen molar-refractivity contribution >= 4 is 38.2 Å². The average molecular weight is 270 g/mol. The molecule has 0 saturated carbocycles. The first kappa shape index (κ1) is 12.4. The van der Waals surface area contributed by atoms with Crippen molar-refractivity contribution in [1.29, 1.82) is 0 Å². The minimum absolute atomic E-state index is 0.457. The van der Waals surface area contributed by atoms with Crippen LogP contribution in [-0.4, -0.2) is 11.3 Å². The molecule has 0 amide bonds. The third-order valence-electron chi connectivity index (χ3n) is 2.46. The SMILES string of the molecule is CCCCCc1cc2cc(OC(=O)O)sc2s1. The lowest BCUT2D eigenvalue weighted by atomic mass is 10.2. The predicted molar refractivity (Wildman–Crippen MR) is 71.6 cm³/mol. The number of ether oxygens (including phenoxy) is 1. The van der Waals surface area contributed by atoms with Gasteiger partial charge in [-0.3, -0.25) is 0 Å². The molecule has 0 spiro atoms. The summed E-state index contributed by atoms with van der Waals surface area (Å²) >= 11 is 3.14. The van der Waals surface area contributed by atoms with Gasteiger partial charge in [0.15, 0.2) is 5.06 Å². The van der Waals surface area contributed by atoms with Crippen molar-refractivity contribution in [3.05, 3.63) is 17.0 Å². The molecule has 2 aromatic rings. The van der Waals surface area contributed by atoms with Gasteiger partial charge in [0.1, 0.15) is 0 Å². The van der Waals surface area contributed by atoms with E-state index in [1.807, 2.05) is 0 Å². The second kappa shape index (κ2) is 5.51. The molecule has 2 heterocycles. The van der Waals surface area contributed by atoms with E-state index in [1.165, 1.54) is 35.5 Å². The first-order valence-electron chi connectivity index (χ1n) is 5.62. The third-order valence-corrected chi connectivity index (χ3v) is 4.79. The van der Waals surface area contributed by atoms with E-state index in [1.54, 1.807) is 17.4 Å². The largest absolute Gasteiger partial charge is 0.512 e. The van der Waals surface area contributed by atoms with Crippen LogP contribution in [0.25, 0.3) is 9.40 Å². The van der Waals surface area contributed by atoms with Gasteiger partial charge in [0.2, 0.25) is 0 Å². The molecule has 0 atom stereocenters. The number of unbranched alkanes of at least 4 members (excludes halogenated alkanes) is 2. The highest BCUT2D eigenvalue weighted by molar-refractivity contribution is 7.39. The molecule has 2 rings (SSSR count). The Morgan fingerprint density at radius 2 is 2.18 bits per heavy atom. The summed E-state index contributed by atoms with van der Waals surface area (Å²) in [4.78, 5) is 11.8. The number of carboxylic acid groups (broad SMARTS) is 1. The van der Waals surface area contributed by atoms with Gasteiger partial charge in [-0.05, 0) is 18.9 Å². The molecule has 3 nitrogen and oxygen atoms in total. The van der Waals surface area contributed by atoms with Crippen molar-refractivity contribution in [3.8, 4) is 5.06 Å². The van der Waals surface area contributed by atoms with Crippen LogP contribution in [0.3, 0.4) is 0 Å². The lowest BCUT2D eigenvalue weighted by Crippen LogP contribution is -2.00. The maximum absolute atomic E-state index is 10.4. The highest BCUT2D eigenvalue weighted by Gasteiger charge is 2.09. The zero-order chi connectivity index (χ0) is 12.3. The molecular weight excluding hydrogens is 256 g/mol. The molecule has 0 aromatic carbocycles. The van der Waals surface area contributed by atoms with E-state index in [9.17, 15) is 4.79 Å². The molecule has 92 valence electrons. The van der Waals surface area contributed by atoms with Crippen LogP contribution < -0.4 is 4.74 Å². The van der Waals surface area contributed by atoms with E-state index in [-0.39, 0.29) is 0 Å². The number of carbonyl (C=O) groups is 1. The molecule has 0 saturated heterocycles. The predicted octanol–water partition coefficient (Wildman–Crippen LogP) is 4.75. The lowest BCUT2D eigenvalue weighted by molar-refractivity contribution is 0.146. The smallest absolute Gasteiger partial charge is 0.449 e. The molecule has 0 radical (unpaired) electrons. The van der Waals surface area contributed by atoms with E-state index < -0.39 is 6.16 Å². The second-order valence-corrected chi connectivity index (χ2v) is 6.26. The maximum atomic E-state index is 10.4. The van der Waals surface area contributed by atoms with E-state index in [2.05, 4.69) is 17.7 Å². The van der Waals surface area contributed by atoms with Gasteiger partial charge in [-0.25, -0.2) is 4.79 Å². The molecule has 17 heavy (non-hydrogen) atoms. The summed E-state index contributed by atoms with van der Waals surface area (Å²) in [6.07, 6.45) is 3.59. The van der Waals surface area contributed by atoms with E-state index in [0.29, 0.717) is 5.06 Å². The fourth-order valence-corrected chi connectivity index (χ4v) is 4.03. The molecule has 0 aliphatic rings. The highest BCUT2D eigenvalue weighted by atomic mass is 32.2. The van der Waals surface area contributed by atoms with Gasteiger partial charge in [0.05, 0.1) is 4.01 Å². The van der Waals surface area contributed by atoms with Crippen molar-refractivity contribution < 1.29 is 14.6 Å². The molecule has 2 aromatic heterocycles. The van der Waals surface area contributed by atoms with Gasteiger partial charge in [0, 0.05) is 16.3 Å². The molecule has 0 unspecified atom stereocenters. The molecule has 1 N–H and O–H groups in total. The van der Waals surface area contributed by atoms with Gasteiger partial charge in [-0.2, -0.15) is 0 Å². The monoisotopic (exact) mass is 270 g/mol. The van der Waals surface area contributed by atoms with E-state index in [0.717, 1.165) is 15.8 Å². The van der Waals surface area contributed by atoms with Crippen LogP contribution in [0.1, 0.15) is 31.1 Å². The Kier molecular flexibility index (Phi) is 4.02. The molecule has 0 aliphatic carbocycles. The zero-order valence-corrected chi connectivity index (χ0v) is 11.2. The van der Waals surface area contributed by atoms with Crippen molar-refractivity contribution in [2.24, 2.45) is 0 Å². The summed E-state index contributed by atoms with van der Waals surface area (Å²) in [5, 5.41) is 10.1. The quantitative estimate of drug-likeness (QED) is 0.630. The number of rotatable bonds is 5. The number of aryl methyl sites for hydroxylation is 1. The average Bonchev–Trinajstić information content (AvgIpc) is 2.74. The standard InChI is InChI=1S/C12H14O3S2/c1-2-3-4-5-9-6-8-7-10(15-12(13)14)17-11(8)16-9/h6-7H,2-5H2,1H3,(H,13,14). The van der Waals surface area contributed by atoms with Crippen molar-refractivity contribution in [2.75, 3.05) is 0 Å². The van der Waals surface area contributed by atoms with Crippen molar-refractivity contribution in [2.45, 2.75) is 32.6 Å². The summed E-state index contributed by atoms with van der Waals surface area (Å²) in [5.41, 5.74) is 0.